The number of carbonyl (C=O) groups excluding carboxylic acids is 1. The summed E-state index contributed by atoms with van der Waals surface area (Å²) in [5, 5.41) is 2.79. The maximum absolute atomic E-state index is 11.0. The van der Waals surface area contributed by atoms with Gasteiger partial charge in [-0.05, 0) is 6.42 Å². The number of H-pyrrole nitrogens is 1. The predicted molar refractivity (Wildman–Crippen MR) is 53.6 cm³/mol. The third kappa shape index (κ3) is 4.04. The van der Waals surface area contributed by atoms with Crippen LogP contribution >= 0.6 is 0 Å². The van der Waals surface area contributed by atoms with Crippen molar-refractivity contribution >= 4 is 5.91 Å². The van der Waals surface area contributed by atoms with Crippen molar-refractivity contribution < 1.29 is 4.79 Å². The zero-order chi connectivity index (χ0) is 10.2. The Hall–Kier alpha value is -1.36. The molecule has 0 saturated carbocycles. The number of carbonyl (C=O) groups is 1. The van der Waals surface area contributed by atoms with E-state index < -0.39 is 0 Å². The molecule has 1 amide bonds. The molecule has 1 rings (SSSR count). The maximum atomic E-state index is 11.0. The Morgan fingerprint density at radius 2 is 2.50 bits per heavy atom. The van der Waals surface area contributed by atoms with E-state index in [0.717, 1.165) is 18.7 Å². The number of nitrogens with zero attached hydrogens (tertiary/aromatic N) is 1. The van der Waals surface area contributed by atoms with Crippen LogP contribution in [0.5, 0.6) is 0 Å². The summed E-state index contributed by atoms with van der Waals surface area (Å²) >= 11 is 0. The molecule has 0 spiro atoms. The van der Waals surface area contributed by atoms with Crippen LogP contribution in [0.2, 0.25) is 0 Å². The lowest BCUT2D eigenvalue weighted by atomic mass is 10.3. The lowest BCUT2D eigenvalue weighted by Gasteiger charge is -2.02. The van der Waals surface area contributed by atoms with Gasteiger partial charge in [0.1, 0.15) is 5.82 Å². The zero-order valence-corrected chi connectivity index (χ0v) is 8.12. The molecule has 5 heteroatoms. The number of aromatic amines is 1. The first-order chi connectivity index (χ1) is 6.83. The molecule has 5 nitrogen and oxygen atoms in total. The Kier molecular flexibility index (Phi) is 4.71. The summed E-state index contributed by atoms with van der Waals surface area (Å²) < 4.78 is 0. The van der Waals surface area contributed by atoms with E-state index in [9.17, 15) is 4.79 Å². The molecule has 4 N–H and O–H groups in total. The molecule has 0 fully saturated rings. The fraction of sp³-hybridized carbons (Fsp3) is 0.556. The average molecular weight is 196 g/mol. The summed E-state index contributed by atoms with van der Waals surface area (Å²) in [6.07, 6.45) is 5.67. The molecule has 0 atom stereocenters. The number of hydrogen-bond donors (Lipinski definition) is 3. The minimum absolute atomic E-state index is 0.0203. The molecule has 0 radical (unpaired) electrons. The minimum atomic E-state index is 0.0203. The lowest BCUT2D eigenvalue weighted by molar-refractivity contribution is -0.120. The van der Waals surface area contributed by atoms with Crippen LogP contribution in [0.25, 0.3) is 0 Å². The molecule has 0 saturated heterocycles. The standard InChI is InChI=1S/C9H16N4O/c10-4-3-9(14)13-5-1-2-8-11-6-7-12-8/h6-7H,1-5,10H2,(H,11,12)(H,13,14). The van der Waals surface area contributed by atoms with Crippen LogP contribution < -0.4 is 11.1 Å². The highest BCUT2D eigenvalue weighted by molar-refractivity contribution is 5.75. The second-order valence-corrected chi connectivity index (χ2v) is 3.03. The second-order valence-electron chi connectivity index (χ2n) is 3.03. The number of hydrogen-bond acceptors (Lipinski definition) is 3. The van der Waals surface area contributed by atoms with Gasteiger partial charge < -0.3 is 16.0 Å². The summed E-state index contributed by atoms with van der Waals surface area (Å²) in [6, 6.07) is 0. The Labute approximate surface area is 83.1 Å². The second kappa shape index (κ2) is 6.15. The molecular formula is C9H16N4O. The summed E-state index contributed by atoms with van der Waals surface area (Å²) in [6.45, 7) is 1.09. The quantitative estimate of drug-likeness (QED) is 0.551. The van der Waals surface area contributed by atoms with Crippen LogP contribution in [-0.4, -0.2) is 29.0 Å². The molecule has 0 unspecified atom stereocenters. The number of rotatable bonds is 6. The molecule has 1 heterocycles. The lowest BCUT2D eigenvalue weighted by Crippen LogP contribution is -2.26. The van der Waals surface area contributed by atoms with Gasteiger partial charge >= 0.3 is 0 Å². The van der Waals surface area contributed by atoms with Gasteiger partial charge in [-0.25, -0.2) is 4.98 Å². The SMILES string of the molecule is NCCC(=O)NCCCc1ncc[nH]1. The summed E-state index contributed by atoms with van der Waals surface area (Å²) in [5.41, 5.74) is 5.24. The molecule has 0 aliphatic rings. The van der Waals surface area contributed by atoms with Crippen molar-refractivity contribution in [2.75, 3.05) is 13.1 Å². The Bertz CT molecular complexity index is 258. The third-order valence-corrected chi connectivity index (χ3v) is 1.84. The fourth-order valence-corrected chi connectivity index (χ4v) is 1.14. The van der Waals surface area contributed by atoms with Crippen LogP contribution in [0.15, 0.2) is 12.4 Å². The van der Waals surface area contributed by atoms with E-state index in [1.807, 2.05) is 0 Å². The van der Waals surface area contributed by atoms with Gasteiger partial charge in [0.25, 0.3) is 0 Å². The van der Waals surface area contributed by atoms with E-state index >= 15 is 0 Å². The smallest absolute Gasteiger partial charge is 0.221 e. The summed E-state index contributed by atoms with van der Waals surface area (Å²) in [4.78, 5) is 18.1. The van der Waals surface area contributed by atoms with E-state index in [0.29, 0.717) is 19.5 Å². The normalized spacial score (nSPS) is 10.1. The van der Waals surface area contributed by atoms with Crippen LogP contribution in [0.4, 0.5) is 0 Å². The van der Waals surface area contributed by atoms with E-state index in [1.54, 1.807) is 12.4 Å². The van der Waals surface area contributed by atoms with Crippen molar-refractivity contribution in [3.05, 3.63) is 18.2 Å². The molecule has 0 aliphatic carbocycles. The van der Waals surface area contributed by atoms with Gasteiger partial charge in [-0.1, -0.05) is 0 Å². The minimum Gasteiger partial charge on any atom is -0.356 e. The molecular weight excluding hydrogens is 180 g/mol. The van der Waals surface area contributed by atoms with Crippen LogP contribution in [0.3, 0.4) is 0 Å². The number of aryl methyl sites for hydroxylation is 1. The predicted octanol–water partition coefficient (Wildman–Crippen LogP) is -0.193. The molecule has 14 heavy (non-hydrogen) atoms. The van der Waals surface area contributed by atoms with Crippen molar-refractivity contribution in [3.8, 4) is 0 Å². The van der Waals surface area contributed by atoms with Crippen molar-refractivity contribution in [1.29, 1.82) is 0 Å². The van der Waals surface area contributed by atoms with E-state index in [1.165, 1.54) is 0 Å². The van der Waals surface area contributed by atoms with Gasteiger partial charge in [0.05, 0.1) is 0 Å². The van der Waals surface area contributed by atoms with Crippen molar-refractivity contribution in [1.82, 2.24) is 15.3 Å². The van der Waals surface area contributed by atoms with Crippen molar-refractivity contribution in [3.63, 3.8) is 0 Å². The Morgan fingerprint density at radius 3 is 3.14 bits per heavy atom. The maximum Gasteiger partial charge on any atom is 0.221 e. The average Bonchev–Trinajstić information content (AvgIpc) is 2.65. The molecule has 78 valence electrons. The van der Waals surface area contributed by atoms with E-state index in [4.69, 9.17) is 5.73 Å². The molecule has 0 aromatic carbocycles. The van der Waals surface area contributed by atoms with Gasteiger partial charge in [-0.15, -0.1) is 0 Å². The number of amides is 1. The number of aromatic nitrogens is 2. The highest BCUT2D eigenvalue weighted by Gasteiger charge is 1.98. The molecule has 0 bridgehead atoms. The Morgan fingerprint density at radius 1 is 1.64 bits per heavy atom. The van der Waals surface area contributed by atoms with Crippen LogP contribution in [0, 0.1) is 0 Å². The van der Waals surface area contributed by atoms with Crippen LogP contribution in [0.1, 0.15) is 18.7 Å². The highest BCUT2D eigenvalue weighted by atomic mass is 16.1. The number of imidazole rings is 1. The fourth-order valence-electron chi connectivity index (χ4n) is 1.14. The van der Waals surface area contributed by atoms with E-state index in [-0.39, 0.29) is 5.91 Å². The molecule has 1 aromatic rings. The van der Waals surface area contributed by atoms with Gasteiger partial charge in [0, 0.05) is 38.3 Å². The summed E-state index contributed by atoms with van der Waals surface area (Å²) in [5.74, 6) is 0.977. The van der Waals surface area contributed by atoms with Gasteiger partial charge in [0.2, 0.25) is 5.91 Å². The molecule has 1 aromatic heterocycles. The topological polar surface area (TPSA) is 83.8 Å². The van der Waals surface area contributed by atoms with Gasteiger partial charge in [0.15, 0.2) is 0 Å². The van der Waals surface area contributed by atoms with Gasteiger partial charge in [-0.3, -0.25) is 4.79 Å². The first-order valence-corrected chi connectivity index (χ1v) is 4.78. The first kappa shape index (κ1) is 10.7. The largest absolute Gasteiger partial charge is 0.356 e. The monoisotopic (exact) mass is 196 g/mol. The zero-order valence-electron chi connectivity index (χ0n) is 8.12. The van der Waals surface area contributed by atoms with Crippen molar-refractivity contribution in [2.45, 2.75) is 19.3 Å². The van der Waals surface area contributed by atoms with E-state index in [2.05, 4.69) is 15.3 Å². The first-order valence-electron chi connectivity index (χ1n) is 4.78. The summed E-state index contributed by atoms with van der Waals surface area (Å²) in [7, 11) is 0. The molecule has 0 aliphatic heterocycles. The third-order valence-electron chi connectivity index (χ3n) is 1.84. The van der Waals surface area contributed by atoms with Gasteiger partial charge in [-0.2, -0.15) is 0 Å². The van der Waals surface area contributed by atoms with Crippen LogP contribution in [-0.2, 0) is 11.2 Å². The highest BCUT2D eigenvalue weighted by Crippen LogP contribution is 1.93. The van der Waals surface area contributed by atoms with Crippen molar-refractivity contribution in [2.24, 2.45) is 5.73 Å². The Balaban J connectivity index is 2.02. The number of nitrogens with two attached hydrogens (primary N) is 1. The number of nitrogens with one attached hydrogen (secondary N) is 2.